The Hall–Kier alpha value is 0.270. The second-order valence-electron chi connectivity index (χ2n) is 1.35. The van der Waals surface area contributed by atoms with Crippen LogP contribution in [0.15, 0.2) is 0 Å². The fourth-order valence-corrected chi connectivity index (χ4v) is 1.27. The minimum atomic E-state index is 0.0694. The van der Waals surface area contributed by atoms with Crippen LogP contribution in [0, 0.1) is 0 Å². The van der Waals surface area contributed by atoms with Gasteiger partial charge in [0, 0.05) is 5.75 Å². The molecule has 3 heteroatoms. The molecule has 0 spiro atoms. The molecular weight excluding hydrogens is 136 g/mol. The van der Waals surface area contributed by atoms with E-state index in [1.54, 1.807) is 11.8 Å². The van der Waals surface area contributed by atoms with E-state index in [-0.39, 0.29) is 12.0 Å². The van der Waals surface area contributed by atoms with E-state index >= 15 is 0 Å². The SMILES string of the molecule is CC.OCC1OCCS1. The molecule has 0 amide bonds. The lowest BCUT2D eigenvalue weighted by Gasteiger charge is -1.99. The summed E-state index contributed by atoms with van der Waals surface area (Å²) in [6, 6.07) is 0. The van der Waals surface area contributed by atoms with Gasteiger partial charge in [-0.1, -0.05) is 13.8 Å². The number of aliphatic hydroxyl groups excluding tert-OH is 1. The zero-order valence-corrected chi connectivity index (χ0v) is 6.78. The van der Waals surface area contributed by atoms with Crippen molar-refractivity contribution < 1.29 is 9.84 Å². The van der Waals surface area contributed by atoms with Crippen molar-refractivity contribution in [3.8, 4) is 0 Å². The predicted molar refractivity (Wildman–Crippen MR) is 40.6 cm³/mol. The first-order chi connectivity index (χ1) is 4.43. The van der Waals surface area contributed by atoms with Gasteiger partial charge in [0.2, 0.25) is 0 Å². The summed E-state index contributed by atoms with van der Waals surface area (Å²) in [6.45, 7) is 4.96. The Labute approximate surface area is 60.6 Å². The van der Waals surface area contributed by atoms with Crippen LogP contribution in [0.1, 0.15) is 13.8 Å². The third-order valence-corrected chi connectivity index (χ3v) is 1.90. The normalized spacial score (nSPS) is 25.0. The Morgan fingerprint density at radius 1 is 1.67 bits per heavy atom. The van der Waals surface area contributed by atoms with Crippen molar-refractivity contribution in [3.05, 3.63) is 0 Å². The molecule has 1 atom stereocenters. The van der Waals surface area contributed by atoms with Crippen molar-refractivity contribution in [1.82, 2.24) is 0 Å². The molecule has 2 nitrogen and oxygen atoms in total. The van der Waals surface area contributed by atoms with Crippen LogP contribution in [0.25, 0.3) is 0 Å². The van der Waals surface area contributed by atoms with Crippen LogP contribution in [-0.2, 0) is 4.74 Å². The van der Waals surface area contributed by atoms with E-state index < -0.39 is 0 Å². The minimum absolute atomic E-state index is 0.0694. The lowest BCUT2D eigenvalue weighted by Crippen LogP contribution is -2.05. The lowest BCUT2D eigenvalue weighted by molar-refractivity contribution is 0.0918. The highest BCUT2D eigenvalue weighted by molar-refractivity contribution is 8.00. The van der Waals surface area contributed by atoms with Crippen LogP contribution in [0.2, 0.25) is 0 Å². The zero-order valence-electron chi connectivity index (χ0n) is 5.96. The predicted octanol–water partition coefficient (Wildman–Crippen LogP) is 1.09. The van der Waals surface area contributed by atoms with Gasteiger partial charge >= 0.3 is 0 Å². The molecule has 0 aromatic carbocycles. The summed E-state index contributed by atoms with van der Waals surface area (Å²) in [5.41, 5.74) is 0.0694. The van der Waals surface area contributed by atoms with E-state index in [1.165, 1.54) is 0 Å². The molecule has 0 aromatic heterocycles. The fraction of sp³-hybridized carbons (Fsp3) is 1.00. The molecule has 1 N–H and O–H groups in total. The molecule has 1 fully saturated rings. The summed E-state index contributed by atoms with van der Waals surface area (Å²) in [4.78, 5) is 0. The van der Waals surface area contributed by atoms with Gasteiger partial charge in [-0.2, -0.15) is 0 Å². The van der Waals surface area contributed by atoms with Crippen molar-refractivity contribution >= 4 is 11.8 Å². The standard InChI is InChI=1S/C4H8O2S.C2H6/c5-3-4-6-1-2-7-4;1-2/h4-5H,1-3H2;1-2H3. The van der Waals surface area contributed by atoms with Gasteiger partial charge in [0.05, 0.1) is 13.2 Å². The van der Waals surface area contributed by atoms with Gasteiger partial charge in [0.25, 0.3) is 0 Å². The first-order valence-corrected chi connectivity index (χ1v) is 4.32. The molecule has 1 aliphatic rings. The van der Waals surface area contributed by atoms with Crippen LogP contribution < -0.4 is 0 Å². The van der Waals surface area contributed by atoms with Gasteiger partial charge in [-0.15, -0.1) is 11.8 Å². The van der Waals surface area contributed by atoms with E-state index in [2.05, 4.69) is 0 Å². The first-order valence-electron chi connectivity index (χ1n) is 3.27. The maximum atomic E-state index is 8.42. The van der Waals surface area contributed by atoms with Crippen LogP contribution in [0.4, 0.5) is 0 Å². The van der Waals surface area contributed by atoms with E-state index in [0.717, 1.165) is 12.4 Å². The number of ether oxygens (including phenoxy) is 1. The minimum Gasteiger partial charge on any atom is -0.393 e. The van der Waals surface area contributed by atoms with Crippen molar-refractivity contribution in [2.75, 3.05) is 19.0 Å². The second kappa shape index (κ2) is 6.39. The summed E-state index contributed by atoms with van der Waals surface area (Å²) < 4.78 is 5.02. The van der Waals surface area contributed by atoms with Crippen LogP contribution in [0.5, 0.6) is 0 Å². The number of thioether (sulfide) groups is 1. The van der Waals surface area contributed by atoms with Gasteiger partial charge in [0.15, 0.2) is 0 Å². The summed E-state index contributed by atoms with van der Waals surface area (Å²) in [5.74, 6) is 1.03. The third kappa shape index (κ3) is 3.78. The Morgan fingerprint density at radius 2 is 2.33 bits per heavy atom. The third-order valence-electron chi connectivity index (χ3n) is 0.840. The van der Waals surface area contributed by atoms with Crippen molar-refractivity contribution in [1.29, 1.82) is 0 Å². The Bertz CT molecular complexity index is 53.0. The molecule has 1 saturated heterocycles. The average molecular weight is 150 g/mol. The first kappa shape index (κ1) is 9.27. The molecule has 1 heterocycles. The lowest BCUT2D eigenvalue weighted by atomic mass is 10.7. The quantitative estimate of drug-likeness (QED) is 0.607. The molecule has 0 saturated carbocycles. The van der Waals surface area contributed by atoms with Gasteiger partial charge in [-0.05, 0) is 0 Å². The zero-order chi connectivity index (χ0) is 7.11. The number of aliphatic hydroxyl groups is 1. The highest BCUT2D eigenvalue weighted by Gasteiger charge is 2.13. The average Bonchev–Trinajstić information content (AvgIpc) is 2.43. The number of rotatable bonds is 1. The molecule has 1 unspecified atom stereocenters. The molecule has 56 valence electrons. The van der Waals surface area contributed by atoms with E-state index in [1.807, 2.05) is 13.8 Å². The van der Waals surface area contributed by atoms with Gasteiger partial charge in [-0.25, -0.2) is 0 Å². The molecule has 1 aliphatic heterocycles. The molecule has 0 aromatic rings. The summed E-state index contributed by atoms with van der Waals surface area (Å²) in [5, 5.41) is 8.42. The molecular formula is C6H14O2S. The van der Waals surface area contributed by atoms with Crippen LogP contribution in [-0.4, -0.2) is 29.5 Å². The fourth-order valence-electron chi connectivity index (χ4n) is 0.513. The molecule has 9 heavy (non-hydrogen) atoms. The van der Waals surface area contributed by atoms with Gasteiger partial charge in [0.1, 0.15) is 5.44 Å². The molecule has 0 radical (unpaired) electrons. The summed E-state index contributed by atoms with van der Waals surface area (Å²) in [6.07, 6.45) is 0. The largest absolute Gasteiger partial charge is 0.393 e. The van der Waals surface area contributed by atoms with E-state index in [0.29, 0.717) is 0 Å². The van der Waals surface area contributed by atoms with Crippen molar-refractivity contribution in [2.24, 2.45) is 0 Å². The monoisotopic (exact) mass is 150 g/mol. The summed E-state index contributed by atoms with van der Waals surface area (Å²) in [7, 11) is 0. The highest BCUT2D eigenvalue weighted by Crippen LogP contribution is 2.17. The number of hydrogen-bond donors (Lipinski definition) is 1. The van der Waals surface area contributed by atoms with Crippen LogP contribution in [0.3, 0.4) is 0 Å². The second-order valence-corrected chi connectivity index (χ2v) is 2.62. The Morgan fingerprint density at radius 3 is 2.56 bits per heavy atom. The van der Waals surface area contributed by atoms with Crippen molar-refractivity contribution in [3.63, 3.8) is 0 Å². The highest BCUT2D eigenvalue weighted by atomic mass is 32.2. The number of hydrogen-bond acceptors (Lipinski definition) is 3. The van der Waals surface area contributed by atoms with E-state index in [9.17, 15) is 0 Å². The summed E-state index contributed by atoms with van der Waals surface area (Å²) >= 11 is 1.67. The van der Waals surface area contributed by atoms with Gasteiger partial charge in [-0.3, -0.25) is 0 Å². The van der Waals surface area contributed by atoms with Gasteiger partial charge < -0.3 is 9.84 Å². The molecule has 0 bridgehead atoms. The topological polar surface area (TPSA) is 29.5 Å². The molecule has 1 rings (SSSR count). The maximum absolute atomic E-state index is 8.42. The Kier molecular flexibility index (Phi) is 6.58. The maximum Gasteiger partial charge on any atom is 0.126 e. The smallest absolute Gasteiger partial charge is 0.126 e. The van der Waals surface area contributed by atoms with Crippen LogP contribution >= 0.6 is 11.8 Å². The molecule has 0 aliphatic carbocycles. The van der Waals surface area contributed by atoms with E-state index in [4.69, 9.17) is 9.84 Å². The Balaban J connectivity index is 0.000000291. The van der Waals surface area contributed by atoms with Crippen molar-refractivity contribution in [2.45, 2.75) is 19.3 Å².